The lowest BCUT2D eigenvalue weighted by molar-refractivity contribution is 0.242. The van der Waals surface area contributed by atoms with E-state index in [1.54, 1.807) is 0 Å². The molecule has 0 amide bonds. The van der Waals surface area contributed by atoms with Gasteiger partial charge in [-0.2, -0.15) is 0 Å². The molecule has 2 N–H and O–H groups in total. The van der Waals surface area contributed by atoms with Gasteiger partial charge in [-0.15, -0.1) is 0 Å². The van der Waals surface area contributed by atoms with Crippen LogP contribution in [-0.4, -0.2) is 26.0 Å². The Labute approximate surface area is 142 Å². The van der Waals surface area contributed by atoms with Crippen LogP contribution in [0.2, 0.25) is 0 Å². The molecule has 1 saturated heterocycles. The highest BCUT2D eigenvalue weighted by molar-refractivity contribution is 7.80. The minimum atomic E-state index is 0.0994. The van der Waals surface area contributed by atoms with E-state index in [1.165, 1.54) is 37.1 Å². The fourth-order valence-electron chi connectivity index (χ4n) is 3.97. The number of H-pyrrole nitrogens is 1. The number of aromatic nitrogens is 2. The van der Waals surface area contributed by atoms with E-state index in [-0.39, 0.29) is 12.1 Å². The van der Waals surface area contributed by atoms with Crippen LogP contribution >= 0.6 is 12.2 Å². The molecule has 0 spiro atoms. The molecule has 4 rings (SSSR count). The molecule has 0 unspecified atom stereocenters. The van der Waals surface area contributed by atoms with Crippen molar-refractivity contribution in [1.29, 1.82) is 0 Å². The van der Waals surface area contributed by atoms with Crippen molar-refractivity contribution in [2.45, 2.75) is 50.7 Å². The maximum absolute atomic E-state index is 5.71. The second-order valence-electron chi connectivity index (χ2n) is 6.57. The lowest BCUT2D eigenvalue weighted by Gasteiger charge is -2.32. The molecule has 4 nitrogen and oxygen atoms in total. The van der Waals surface area contributed by atoms with E-state index in [0.29, 0.717) is 6.04 Å². The number of hydrogen-bond acceptors (Lipinski definition) is 2. The van der Waals surface area contributed by atoms with Crippen molar-refractivity contribution in [2.24, 2.45) is 0 Å². The highest BCUT2D eigenvalue weighted by atomic mass is 32.1. The normalized spacial score (nSPS) is 25.1. The molecule has 120 valence electrons. The van der Waals surface area contributed by atoms with Crippen LogP contribution in [0.1, 0.15) is 54.8 Å². The molecule has 2 aromatic rings. The van der Waals surface area contributed by atoms with E-state index in [9.17, 15) is 0 Å². The first-order chi connectivity index (χ1) is 11.2. The van der Waals surface area contributed by atoms with Crippen LogP contribution < -0.4 is 5.32 Å². The summed E-state index contributed by atoms with van der Waals surface area (Å²) >= 11 is 5.71. The molecule has 2 aromatic heterocycles. The minimum absolute atomic E-state index is 0.0994. The molecule has 1 aliphatic carbocycles. The van der Waals surface area contributed by atoms with Crippen molar-refractivity contribution >= 4 is 17.3 Å². The monoisotopic (exact) mass is 326 g/mol. The topological polar surface area (TPSA) is 44.0 Å². The first kappa shape index (κ1) is 14.7. The van der Waals surface area contributed by atoms with Crippen molar-refractivity contribution in [3.8, 4) is 0 Å². The highest BCUT2D eigenvalue weighted by Gasteiger charge is 2.44. The van der Waals surface area contributed by atoms with E-state index in [1.807, 2.05) is 18.3 Å². The van der Waals surface area contributed by atoms with E-state index >= 15 is 0 Å². The predicted molar refractivity (Wildman–Crippen MR) is 95.1 cm³/mol. The zero-order chi connectivity index (χ0) is 15.8. The number of nitrogens with zero attached hydrogens (tertiary/aromatic N) is 2. The summed E-state index contributed by atoms with van der Waals surface area (Å²) < 4.78 is 0. The molecule has 0 radical (unpaired) electrons. The summed E-state index contributed by atoms with van der Waals surface area (Å²) in [6.07, 6.45) is 6.91. The van der Waals surface area contributed by atoms with Gasteiger partial charge in [-0.25, -0.2) is 0 Å². The first-order valence-electron chi connectivity index (χ1n) is 8.39. The van der Waals surface area contributed by atoms with Crippen molar-refractivity contribution < 1.29 is 0 Å². The van der Waals surface area contributed by atoms with Crippen LogP contribution in [0, 0.1) is 6.92 Å². The third-order valence-corrected chi connectivity index (χ3v) is 5.36. The summed E-state index contributed by atoms with van der Waals surface area (Å²) in [7, 11) is 0. The molecule has 1 saturated carbocycles. The average molecular weight is 326 g/mol. The summed E-state index contributed by atoms with van der Waals surface area (Å²) in [6, 6.07) is 11.2. The SMILES string of the molecule is Cc1ccc([C@H]2[C@H](c3ccccn3)NC(=S)N2C2CCCC2)[nH]1. The standard InChI is InChI=1S/C18H22N4S/c1-12-9-10-15(20-12)17-16(14-8-4-5-11-19-14)21-18(23)22(17)13-6-2-3-7-13/h4-5,8-11,13,16-17,20H,2-3,6-7H2,1H3,(H,21,23)/t16-,17-/m0/s1. The Balaban J connectivity index is 1.75. The number of thiocarbonyl (C=S) groups is 1. The summed E-state index contributed by atoms with van der Waals surface area (Å²) in [5.74, 6) is 0. The third-order valence-electron chi connectivity index (χ3n) is 5.03. The number of pyridine rings is 1. The fraction of sp³-hybridized carbons (Fsp3) is 0.444. The van der Waals surface area contributed by atoms with Crippen molar-refractivity contribution in [3.05, 3.63) is 53.6 Å². The Bertz CT molecular complexity index is 690. The molecular weight excluding hydrogens is 304 g/mol. The summed E-state index contributed by atoms with van der Waals surface area (Å²) in [6.45, 7) is 2.10. The van der Waals surface area contributed by atoms with Crippen LogP contribution in [0.15, 0.2) is 36.5 Å². The molecule has 5 heteroatoms. The van der Waals surface area contributed by atoms with Gasteiger partial charge in [-0.05, 0) is 56.2 Å². The van der Waals surface area contributed by atoms with Gasteiger partial charge < -0.3 is 15.2 Å². The fourth-order valence-corrected chi connectivity index (χ4v) is 4.36. The quantitative estimate of drug-likeness (QED) is 0.845. The van der Waals surface area contributed by atoms with E-state index in [4.69, 9.17) is 12.2 Å². The Kier molecular flexibility index (Phi) is 3.81. The minimum Gasteiger partial charge on any atom is -0.361 e. The molecular formula is C18H22N4S. The molecule has 1 aliphatic heterocycles. The number of aryl methyl sites for hydroxylation is 1. The lowest BCUT2D eigenvalue weighted by Crippen LogP contribution is -2.37. The average Bonchev–Trinajstić information content (AvgIpc) is 3.27. The van der Waals surface area contributed by atoms with E-state index < -0.39 is 0 Å². The zero-order valence-corrected chi connectivity index (χ0v) is 14.1. The summed E-state index contributed by atoms with van der Waals surface area (Å²) in [5.41, 5.74) is 3.45. The highest BCUT2D eigenvalue weighted by Crippen LogP contribution is 2.42. The number of rotatable bonds is 3. The van der Waals surface area contributed by atoms with Gasteiger partial charge in [0.15, 0.2) is 5.11 Å². The molecule has 0 bridgehead atoms. The van der Waals surface area contributed by atoms with Crippen molar-refractivity contribution in [2.75, 3.05) is 0 Å². The number of aromatic amines is 1. The summed E-state index contributed by atoms with van der Waals surface area (Å²) in [4.78, 5) is 10.5. The third kappa shape index (κ3) is 2.63. The predicted octanol–water partition coefficient (Wildman–Crippen LogP) is 3.63. The van der Waals surface area contributed by atoms with Crippen LogP contribution in [-0.2, 0) is 0 Å². The molecule has 23 heavy (non-hydrogen) atoms. The molecule has 2 fully saturated rings. The van der Waals surface area contributed by atoms with Crippen LogP contribution in [0.4, 0.5) is 0 Å². The van der Waals surface area contributed by atoms with E-state index in [2.05, 4.69) is 45.3 Å². The van der Waals surface area contributed by atoms with Gasteiger partial charge in [0.05, 0.1) is 17.8 Å². The smallest absolute Gasteiger partial charge is 0.170 e. The van der Waals surface area contributed by atoms with Crippen molar-refractivity contribution in [3.63, 3.8) is 0 Å². The molecule has 2 atom stereocenters. The van der Waals surface area contributed by atoms with Crippen LogP contribution in [0.5, 0.6) is 0 Å². The van der Waals surface area contributed by atoms with Crippen molar-refractivity contribution in [1.82, 2.24) is 20.2 Å². The number of nitrogens with one attached hydrogen (secondary N) is 2. The van der Waals surface area contributed by atoms with Gasteiger partial charge in [0, 0.05) is 23.6 Å². The first-order valence-corrected chi connectivity index (χ1v) is 8.80. The maximum Gasteiger partial charge on any atom is 0.170 e. The summed E-state index contributed by atoms with van der Waals surface area (Å²) in [5, 5.41) is 4.40. The lowest BCUT2D eigenvalue weighted by atomic mass is 10.00. The molecule has 0 aromatic carbocycles. The largest absolute Gasteiger partial charge is 0.361 e. The number of hydrogen-bond donors (Lipinski definition) is 2. The van der Waals surface area contributed by atoms with Crippen LogP contribution in [0.3, 0.4) is 0 Å². The van der Waals surface area contributed by atoms with Gasteiger partial charge in [-0.1, -0.05) is 18.9 Å². The second-order valence-corrected chi connectivity index (χ2v) is 6.96. The maximum atomic E-state index is 5.71. The molecule has 2 aliphatic rings. The Hall–Kier alpha value is -1.88. The Morgan fingerprint density at radius 1 is 1.17 bits per heavy atom. The second kappa shape index (κ2) is 5.96. The molecule has 3 heterocycles. The Morgan fingerprint density at radius 2 is 2.00 bits per heavy atom. The Morgan fingerprint density at radius 3 is 2.65 bits per heavy atom. The van der Waals surface area contributed by atoms with Gasteiger partial charge in [0.2, 0.25) is 0 Å². The van der Waals surface area contributed by atoms with Crippen LogP contribution in [0.25, 0.3) is 0 Å². The van der Waals surface area contributed by atoms with Gasteiger partial charge in [0.1, 0.15) is 0 Å². The van der Waals surface area contributed by atoms with Gasteiger partial charge in [0.25, 0.3) is 0 Å². The van der Waals surface area contributed by atoms with Gasteiger partial charge in [-0.3, -0.25) is 4.98 Å². The van der Waals surface area contributed by atoms with Gasteiger partial charge >= 0.3 is 0 Å². The zero-order valence-electron chi connectivity index (χ0n) is 13.3. The van der Waals surface area contributed by atoms with E-state index in [0.717, 1.165) is 10.8 Å².